The average Bonchev–Trinajstić information content (AvgIpc) is 3.77. The summed E-state index contributed by atoms with van der Waals surface area (Å²) in [6.45, 7) is 1.58. The molecule has 3 heterocycles. The molecule has 11 heteroatoms. The number of nitrogens with zero attached hydrogens (tertiary/aromatic N) is 5. The van der Waals surface area contributed by atoms with Crippen LogP contribution in [0.2, 0.25) is 0 Å². The third kappa shape index (κ3) is 5.60. The number of hydrogen-bond acceptors (Lipinski definition) is 5. The Labute approximate surface area is 240 Å². The molecular formula is C30H35N5O5S. The second kappa shape index (κ2) is 11.3. The topological polar surface area (TPSA) is 116 Å². The molecule has 2 aliphatic heterocycles. The van der Waals surface area contributed by atoms with Crippen LogP contribution in [0.15, 0.2) is 67.0 Å². The van der Waals surface area contributed by atoms with Gasteiger partial charge in [-0.1, -0.05) is 60.7 Å². The summed E-state index contributed by atoms with van der Waals surface area (Å²) in [7, 11) is -3.31. The number of carboxylic acid groups (broad SMARTS) is 1. The van der Waals surface area contributed by atoms with Gasteiger partial charge in [0.1, 0.15) is 0 Å². The Morgan fingerprint density at radius 2 is 1.61 bits per heavy atom. The smallest absolute Gasteiger partial charge is 0.407 e. The minimum atomic E-state index is -3.31. The Hall–Kier alpha value is -3.70. The monoisotopic (exact) mass is 577 g/mol. The first kappa shape index (κ1) is 27.5. The molecule has 10 nitrogen and oxygen atoms in total. The summed E-state index contributed by atoms with van der Waals surface area (Å²) in [4.78, 5) is 33.9. The molecule has 2 atom stereocenters. The normalized spacial score (nSPS) is 22.0. The van der Waals surface area contributed by atoms with E-state index in [0.29, 0.717) is 30.9 Å². The van der Waals surface area contributed by atoms with E-state index in [4.69, 9.17) is 0 Å². The molecule has 41 heavy (non-hydrogen) atoms. The van der Waals surface area contributed by atoms with Gasteiger partial charge in [0.05, 0.1) is 23.3 Å². The number of hydrogen-bond donors (Lipinski definition) is 1. The number of carbonyl (C=O) groups excluding carboxylic acids is 1. The first-order valence-electron chi connectivity index (χ1n) is 14.3. The first-order valence-corrected chi connectivity index (χ1v) is 15.8. The number of aromatic nitrogens is 2. The molecule has 0 spiro atoms. The van der Waals surface area contributed by atoms with E-state index >= 15 is 0 Å². The largest absolute Gasteiger partial charge is 0.465 e. The van der Waals surface area contributed by atoms with Gasteiger partial charge in [-0.05, 0) is 37.7 Å². The fourth-order valence-corrected chi connectivity index (χ4v) is 8.04. The lowest BCUT2D eigenvalue weighted by molar-refractivity contribution is 0.0447. The number of carbonyl (C=O) groups is 2. The molecule has 2 aromatic carbocycles. The van der Waals surface area contributed by atoms with Crippen molar-refractivity contribution in [3.8, 4) is 11.3 Å². The van der Waals surface area contributed by atoms with E-state index in [2.05, 4.69) is 4.98 Å². The van der Waals surface area contributed by atoms with Crippen LogP contribution in [0, 0.1) is 0 Å². The summed E-state index contributed by atoms with van der Waals surface area (Å²) < 4.78 is 29.7. The molecule has 3 aliphatic rings. The SMILES string of the molecule is O=C(O)N1CCN(C(=O)c2ncn(C3CCCN(S(=O)(=O)C4CC4)C3)c2-c2ccccc2)[C@H](Cc2ccccc2)C1. The predicted molar refractivity (Wildman–Crippen MR) is 154 cm³/mol. The summed E-state index contributed by atoms with van der Waals surface area (Å²) >= 11 is 0. The number of imidazole rings is 1. The van der Waals surface area contributed by atoms with Gasteiger partial charge >= 0.3 is 6.09 Å². The van der Waals surface area contributed by atoms with Crippen molar-refractivity contribution in [3.05, 3.63) is 78.2 Å². The third-order valence-corrected chi connectivity index (χ3v) is 10.8. The summed E-state index contributed by atoms with van der Waals surface area (Å²) in [5.41, 5.74) is 2.83. The van der Waals surface area contributed by atoms with E-state index in [1.165, 1.54) is 4.90 Å². The highest BCUT2D eigenvalue weighted by molar-refractivity contribution is 7.90. The van der Waals surface area contributed by atoms with Gasteiger partial charge in [-0.15, -0.1) is 0 Å². The second-order valence-electron chi connectivity index (χ2n) is 11.2. The zero-order valence-electron chi connectivity index (χ0n) is 22.9. The van der Waals surface area contributed by atoms with Gasteiger partial charge in [0.15, 0.2) is 5.69 Å². The lowest BCUT2D eigenvalue weighted by atomic mass is 10.0. The zero-order valence-corrected chi connectivity index (χ0v) is 23.7. The van der Waals surface area contributed by atoms with Crippen LogP contribution < -0.4 is 0 Å². The van der Waals surface area contributed by atoms with Crippen LogP contribution >= 0.6 is 0 Å². The standard InChI is InChI=1S/C30H35N5O5S/c36-29(34-17-16-32(30(37)38)19-25(34)18-22-8-3-1-4-9-22)27-28(23-10-5-2-6-11-23)35(21-31-27)24-12-7-15-33(20-24)41(39,40)26-13-14-26/h1-6,8-11,21,24-26H,7,12-20H2,(H,37,38)/t24?,25-/m1/s1. The van der Waals surface area contributed by atoms with Gasteiger partial charge < -0.3 is 19.5 Å². The first-order chi connectivity index (χ1) is 19.8. The minimum absolute atomic E-state index is 0.148. The molecule has 3 fully saturated rings. The van der Waals surface area contributed by atoms with Gasteiger partial charge in [-0.25, -0.2) is 18.2 Å². The van der Waals surface area contributed by atoms with E-state index in [9.17, 15) is 23.1 Å². The highest BCUT2D eigenvalue weighted by atomic mass is 32.2. The Morgan fingerprint density at radius 3 is 2.29 bits per heavy atom. The van der Waals surface area contributed by atoms with Crippen LogP contribution in [0.3, 0.4) is 0 Å². The van der Waals surface area contributed by atoms with Crippen LogP contribution in [0.4, 0.5) is 4.79 Å². The van der Waals surface area contributed by atoms with Crippen molar-refractivity contribution in [2.45, 2.75) is 49.4 Å². The summed E-state index contributed by atoms with van der Waals surface area (Å²) in [6, 6.07) is 18.9. The number of sulfonamides is 1. The fourth-order valence-electron chi connectivity index (χ4n) is 6.13. The second-order valence-corrected chi connectivity index (χ2v) is 13.4. The van der Waals surface area contributed by atoms with Crippen LogP contribution in [0.25, 0.3) is 11.3 Å². The Balaban J connectivity index is 1.34. The van der Waals surface area contributed by atoms with Crippen molar-refractivity contribution in [2.24, 2.45) is 0 Å². The van der Waals surface area contributed by atoms with Crippen molar-refractivity contribution in [1.29, 1.82) is 0 Å². The predicted octanol–water partition coefficient (Wildman–Crippen LogP) is 3.73. The maximum atomic E-state index is 14.3. The quantitative estimate of drug-likeness (QED) is 0.458. The van der Waals surface area contributed by atoms with Crippen molar-refractivity contribution < 1.29 is 23.1 Å². The molecule has 0 radical (unpaired) electrons. The van der Waals surface area contributed by atoms with E-state index in [1.54, 1.807) is 15.5 Å². The van der Waals surface area contributed by atoms with Gasteiger partial charge in [0.25, 0.3) is 5.91 Å². The van der Waals surface area contributed by atoms with Crippen LogP contribution in [-0.2, 0) is 16.4 Å². The van der Waals surface area contributed by atoms with Crippen LogP contribution in [0.5, 0.6) is 0 Å². The van der Waals surface area contributed by atoms with Crippen LogP contribution in [-0.4, -0.2) is 93.2 Å². The van der Waals surface area contributed by atoms with E-state index in [1.807, 2.05) is 65.2 Å². The van der Waals surface area contributed by atoms with Crippen LogP contribution in [0.1, 0.15) is 47.8 Å². The summed E-state index contributed by atoms with van der Waals surface area (Å²) in [5, 5.41) is 9.42. The molecule has 6 rings (SSSR count). The van der Waals surface area contributed by atoms with Gasteiger partial charge in [0, 0.05) is 44.3 Å². The Bertz CT molecular complexity index is 1510. The van der Waals surface area contributed by atoms with Gasteiger partial charge in [-0.2, -0.15) is 4.31 Å². The molecule has 3 aromatic rings. The molecule has 1 N–H and O–H groups in total. The maximum Gasteiger partial charge on any atom is 0.407 e. The Kier molecular flexibility index (Phi) is 7.56. The maximum absolute atomic E-state index is 14.3. The molecular weight excluding hydrogens is 542 g/mol. The summed E-state index contributed by atoms with van der Waals surface area (Å²) in [6.07, 6.45) is 4.18. The third-order valence-electron chi connectivity index (χ3n) is 8.43. The lowest BCUT2D eigenvalue weighted by Gasteiger charge is -2.40. The lowest BCUT2D eigenvalue weighted by Crippen LogP contribution is -2.57. The number of piperidine rings is 1. The van der Waals surface area contributed by atoms with Crippen molar-refractivity contribution in [2.75, 3.05) is 32.7 Å². The van der Waals surface area contributed by atoms with Crippen molar-refractivity contribution in [3.63, 3.8) is 0 Å². The Morgan fingerprint density at radius 1 is 0.902 bits per heavy atom. The number of rotatable bonds is 7. The molecule has 2 amide bonds. The molecule has 2 saturated heterocycles. The van der Waals surface area contributed by atoms with Crippen molar-refractivity contribution >= 4 is 22.0 Å². The minimum Gasteiger partial charge on any atom is -0.465 e. The number of amides is 2. The highest BCUT2D eigenvalue weighted by Gasteiger charge is 2.42. The number of piperazine rings is 1. The molecule has 1 aromatic heterocycles. The van der Waals surface area contributed by atoms with E-state index in [-0.39, 0.29) is 42.9 Å². The molecule has 1 aliphatic carbocycles. The number of benzene rings is 2. The average molecular weight is 578 g/mol. The van der Waals surface area contributed by atoms with E-state index in [0.717, 1.165) is 36.8 Å². The van der Waals surface area contributed by atoms with Gasteiger partial charge in [-0.3, -0.25) is 4.79 Å². The molecule has 216 valence electrons. The van der Waals surface area contributed by atoms with Gasteiger partial charge in [0.2, 0.25) is 10.0 Å². The fraction of sp³-hybridized carbons (Fsp3) is 0.433. The molecule has 0 bridgehead atoms. The van der Waals surface area contributed by atoms with E-state index < -0.39 is 16.1 Å². The highest BCUT2D eigenvalue weighted by Crippen LogP contribution is 2.36. The molecule has 1 unspecified atom stereocenters. The van der Waals surface area contributed by atoms with Crippen molar-refractivity contribution in [1.82, 2.24) is 23.7 Å². The summed E-state index contributed by atoms with van der Waals surface area (Å²) in [5.74, 6) is -0.244. The zero-order chi connectivity index (χ0) is 28.6. The molecule has 1 saturated carbocycles.